The van der Waals surface area contributed by atoms with E-state index in [1.165, 1.54) is 6.20 Å². The minimum absolute atomic E-state index is 0. The van der Waals surface area contributed by atoms with Crippen molar-refractivity contribution in [3.8, 4) is 11.4 Å². The number of imidazole rings is 1. The third-order valence-electron chi connectivity index (χ3n) is 5.10. The van der Waals surface area contributed by atoms with Gasteiger partial charge in [-0.25, -0.2) is 19.3 Å². The molecule has 1 unspecified atom stereocenters. The number of benzene rings is 1. The summed E-state index contributed by atoms with van der Waals surface area (Å²) < 4.78 is 16.6. The molecule has 0 amide bonds. The first-order valence-corrected chi connectivity index (χ1v) is 10.4. The monoisotopic (exact) mass is 465 g/mol. The van der Waals surface area contributed by atoms with E-state index in [0.29, 0.717) is 18.2 Å². The zero-order chi connectivity index (χ0) is 21.3. The molecule has 0 aliphatic carbocycles. The van der Waals surface area contributed by atoms with Crippen molar-refractivity contribution in [1.82, 2.24) is 24.8 Å². The molecule has 3 aromatic rings. The van der Waals surface area contributed by atoms with Crippen LogP contribution in [0, 0.1) is 12.7 Å². The minimum Gasteiger partial charge on any atom is -0.366 e. The summed E-state index contributed by atoms with van der Waals surface area (Å²) in [6.07, 6.45) is 2.85. The molecule has 1 saturated heterocycles. The molecule has 0 spiro atoms. The Kier molecular flexibility index (Phi) is 7.35. The Balaban J connectivity index is 0.00000272. The summed E-state index contributed by atoms with van der Waals surface area (Å²) in [7, 11) is 0. The van der Waals surface area contributed by atoms with Crippen molar-refractivity contribution < 1.29 is 4.39 Å². The van der Waals surface area contributed by atoms with Gasteiger partial charge in [0.15, 0.2) is 5.82 Å². The second-order valence-electron chi connectivity index (χ2n) is 7.55. The molecular weight excluding hydrogens is 440 g/mol. The van der Waals surface area contributed by atoms with E-state index >= 15 is 0 Å². The van der Waals surface area contributed by atoms with Gasteiger partial charge in [-0.3, -0.25) is 5.32 Å². The van der Waals surface area contributed by atoms with Crippen molar-refractivity contribution in [2.75, 3.05) is 29.9 Å². The number of aromatic nitrogens is 4. The van der Waals surface area contributed by atoms with Crippen LogP contribution >= 0.6 is 24.0 Å². The molecule has 1 aromatic carbocycles. The quantitative estimate of drug-likeness (QED) is 0.426. The summed E-state index contributed by atoms with van der Waals surface area (Å²) in [5.74, 6) is 0.653. The summed E-state index contributed by atoms with van der Waals surface area (Å²) in [6.45, 7) is 8.29. The van der Waals surface area contributed by atoms with Gasteiger partial charge in [0.25, 0.3) is 0 Å². The van der Waals surface area contributed by atoms with Crippen LogP contribution in [0.3, 0.4) is 0 Å². The van der Waals surface area contributed by atoms with Gasteiger partial charge >= 0.3 is 0 Å². The molecule has 7 nitrogen and oxygen atoms in total. The fourth-order valence-electron chi connectivity index (χ4n) is 3.79. The topological polar surface area (TPSA) is 70.9 Å². The number of hydrogen-bond acceptors (Lipinski definition) is 6. The summed E-state index contributed by atoms with van der Waals surface area (Å²) >= 11 is 6.27. The molecule has 1 aliphatic heterocycles. The molecule has 31 heavy (non-hydrogen) atoms. The molecule has 1 fully saturated rings. The van der Waals surface area contributed by atoms with Gasteiger partial charge in [0.05, 0.1) is 29.5 Å². The highest BCUT2D eigenvalue weighted by molar-refractivity contribution is 6.20. The molecule has 10 heteroatoms. The molecule has 0 saturated carbocycles. The number of aryl methyl sites for hydroxylation is 1. The number of halogens is 3. The molecule has 3 heterocycles. The number of rotatable bonds is 5. The van der Waals surface area contributed by atoms with Crippen LogP contribution in [0.1, 0.15) is 25.7 Å². The van der Waals surface area contributed by atoms with Crippen molar-refractivity contribution in [3.05, 3.63) is 48.3 Å². The molecular formula is C21H26Cl2FN7. The third-order valence-corrected chi connectivity index (χ3v) is 5.40. The molecule has 1 atom stereocenters. The van der Waals surface area contributed by atoms with E-state index in [1.807, 2.05) is 49.6 Å². The minimum atomic E-state index is -0.484. The summed E-state index contributed by atoms with van der Waals surface area (Å²) in [5.41, 5.74) is 2.59. The van der Waals surface area contributed by atoms with E-state index < -0.39 is 5.82 Å². The molecule has 1 aliphatic rings. The number of anilines is 3. The largest absolute Gasteiger partial charge is 0.366 e. The number of nitrogens with zero attached hydrogens (tertiary/aromatic N) is 5. The van der Waals surface area contributed by atoms with E-state index in [9.17, 15) is 4.39 Å². The van der Waals surface area contributed by atoms with Gasteiger partial charge in [-0.1, -0.05) is 12.1 Å². The number of para-hydroxylation sites is 2. The van der Waals surface area contributed by atoms with Crippen molar-refractivity contribution in [1.29, 1.82) is 0 Å². The number of hydrogen-bond donors (Lipinski definition) is 2. The van der Waals surface area contributed by atoms with E-state index in [-0.39, 0.29) is 29.6 Å². The summed E-state index contributed by atoms with van der Waals surface area (Å²) in [5, 5.41) is 6.48. The summed E-state index contributed by atoms with van der Waals surface area (Å²) in [4.78, 5) is 15.2. The first-order chi connectivity index (χ1) is 14.4. The highest BCUT2D eigenvalue weighted by atomic mass is 35.5. The SMILES string of the molecule is Cc1ncc(-c2nc(Nc3ccccc3N3CCNC(Cl)C3)ncc2F)n1C(C)C.Cl. The summed E-state index contributed by atoms with van der Waals surface area (Å²) in [6, 6.07) is 8.03. The van der Waals surface area contributed by atoms with Gasteiger partial charge in [-0.05, 0) is 32.9 Å². The fourth-order valence-corrected chi connectivity index (χ4v) is 4.06. The zero-order valence-corrected chi connectivity index (χ0v) is 19.2. The van der Waals surface area contributed by atoms with E-state index in [2.05, 4.69) is 30.5 Å². The van der Waals surface area contributed by atoms with Crippen molar-refractivity contribution in [3.63, 3.8) is 0 Å². The van der Waals surface area contributed by atoms with Crippen molar-refractivity contribution in [2.45, 2.75) is 32.3 Å². The predicted molar refractivity (Wildman–Crippen MR) is 125 cm³/mol. The zero-order valence-electron chi connectivity index (χ0n) is 17.6. The maximum atomic E-state index is 14.6. The Labute approximate surface area is 192 Å². The van der Waals surface area contributed by atoms with Gasteiger partial charge in [0.1, 0.15) is 17.0 Å². The average molecular weight is 466 g/mol. The normalized spacial score (nSPS) is 16.3. The second kappa shape index (κ2) is 9.80. The maximum Gasteiger partial charge on any atom is 0.228 e. The first-order valence-electron chi connectivity index (χ1n) is 9.99. The first kappa shape index (κ1) is 23.2. The number of nitrogens with one attached hydrogen (secondary N) is 2. The molecule has 2 N–H and O–H groups in total. The molecule has 4 rings (SSSR count). The molecule has 166 valence electrons. The van der Waals surface area contributed by atoms with Crippen LogP contribution in [0.2, 0.25) is 0 Å². The van der Waals surface area contributed by atoms with Gasteiger partial charge < -0.3 is 14.8 Å². The Morgan fingerprint density at radius 3 is 2.74 bits per heavy atom. The van der Waals surface area contributed by atoms with Crippen molar-refractivity contribution >= 4 is 41.3 Å². The molecule has 0 bridgehead atoms. The Morgan fingerprint density at radius 1 is 1.23 bits per heavy atom. The standard InChI is InChI=1S/C21H25ClFN7.ClH/c1-13(2)30-14(3)25-11-18(30)20-15(23)10-26-21(28-20)27-16-6-4-5-7-17(16)29-9-8-24-19(22)12-29;/h4-7,10-11,13,19,24H,8-9,12H2,1-3H3,(H,26,27,28);1H. The van der Waals surface area contributed by atoms with Crippen LogP contribution in [0.5, 0.6) is 0 Å². The van der Waals surface area contributed by atoms with Crippen molar-refractivity contribution in [2.24, 2.45) is 0 Å². The van der Waals surface area contributed by atoms with E-state index in [1.54, 1.807) is 6.20 Å². The lowest BCUT2D eigenvalue weighted by Gasteiger charge is -2.33. The van der Waals surface area contributed by atoms with Crippen LogP contribution < -0.4 is 15.5 Å². The van der Waals surface area contributed by atoms with Gasteiger partial charge in [-0.15, -0.1) is 24.0 Å². The van der Waals surface area contributed by atoms with Crippen LogP contribution in [0.4, 0.5) is 21.7 Å². The lowest BCUT2D eigenvalue weighted by atomic mass is 10.2. The average Bonchev–Trinajstić information content (AvgIpc) is 3.11. The maximum absolute atomic E-state index is 14.6. The van der Waals surface area contributed by atoms with Crippen LogP contribution in [-0.4, -0.2) is 44.7 Å². The third kappa shape index (κ3) is 4.92. The van der Waals surface area contributed by atoms with Gasteiger partial charge in [-0.2, -0.15) is 0 Å². The smallest absolute Gasteiger partial charge is 0.228 e. The van der Waals surface area contributed by atoms with Crippen LogP contribution in [0.15, 0.2) is 36.7 Å². The highest BCUT2D eigenvalue weighted by Gasteiger charge is 2.21. The van der Waals surface area contributed by atoms with E-state index in [0.717, 1.165) is 30.3 Å². The Morgan fingerprint density at radius 2 is 2.00 bits per heavy atom. The second-order valence-corrected chi connectivity index (χ2v) is 8.08. The molecule has 0 radical (unpaired) electrons. The predicted octanol–water partition coefficient (Wildman–Crippen LogP) is 4.51. The number of piperazine rings is 1. The Hall–Kier alpha value is -2.42. The lowest BCUT2D eigenvalue weighted by molar-refractivity contribution is 0.553. The van der Waals surface area contributed by atoms with E-state index in [4.69, 9.17) is 11.6 Å². The van der Waals surface area contributed by atoms with Gasteiger partial charge in [0, 0.05) is 25.7 Å². The van der Waals surface area contributed by atoms with Gasteiger partial charge in [0.2, 0.25) is 5.95 Å². The van der Waals surface area contributed by atoms with Crippen LogP contribution in [0.25, 0.3) is 11.4 Å². The number of alkyl halides is 1. The lowest BCUT2D eigenvalue weighted by Crippen LogP contribution is -2.48. The van der Waals surface area contributed by atoms with Crippen LogP contribution in [-0.2, 0) is 0 Å². The fraction of sp³-hybridized carbons (Fsp3) is 0.381. The Bertz CT molecular complexity index is 1040. The highest BCUT2D eigenvalue weighted by Crippen LogP contribution is 2.30. The molecule has 2 aromatic heterocycles.